The lowest BCUT2D eigenvalue weighted by Crippen LogP contribution is -2.48. The van der Waals surface area contributed by atoms with E-state index >= 15 is 0 Å². The fourth-order valence-corrected chi connectivity index (χ4v) is 3.31. The molecule has 1 aliphatic carbocycles. The molecule has 3 rings (SSSR count). The van der Waals surface area contributed by atoms with Gasteiger partial charge >= 0.3 is 0 Å². The minimum Gasteiger partial charge on any atom is -0.489 e. The molecule has 1 aliphatic heterocycles. The van der Waals surface area contributed by atoms with Gasteiger partial charge in [0.25, 0.3) is 0 Å². The molecule has 1 aromatic carbocycles. The number of hydrogen-bond acceptors (Lipinski definition) is 3. The first-order chi connectivity index (χ1) is 9.58. The number of hydrogen-bond donors (Lipinski definition) is 1. The highest BCUT2D eigenvalue weighted by molar-refractivity contribution is 6.32. The molecule has 2 N–H and O–H groups in total. The maximum absolute atomic E-state index is 6.30. The van der Waals surface area contributed by atoms with Crippen LogP contribution >= 0.6 is 11.6 Å². The molecule has 4 heteroatoms. The van der Waals surface area contributed by atoms with Crippen LogP contribution in [0.1, 0.15) is 50.6 Å². The first kappa shape index (κ1) is 14.2. The number of nitrogens with two attached hydrogens (primary N) is 1. The fraction of sp³-hybridized carbons (Fsp3) is 0.625. The van der Waals surface area contributed by atoms with E-state index < -0.39 is 0 Å². The smallest absolute Gasteiger partial charge is 0.138 e. The summed E-state index contributed by atoms with van der Waals surface area (Å²) in [4.78, 5) is 0. The van der Waals surface area contributed by atoms with Crippen LogP contribution < -0.4 is 10.5 Å². The summed E-state index contributed by atoms with van der Waals surface area (Å²) in [5.74, 6) is 0.762. The highest BCUT2D eigenvalue weighted by Gasteiger charge is 2.43. The summed E-state index contributed by atoms with van der Waals surface area (Å²) in [6.07, 6.45) is 5.75. The van der Waals surface area contributed by atoms with Gasteiger partial charge in [-0.1, -0.05) is 17.7 Å². The topological polar surface area (TPSA) is 44.5 Å². The van der Waals surface area contributed by atoms with Crippen LogP contribution in [0.15, 0.2) is 18.2 Å². The van der Waals surface area contributed by atoms with Gasteiger partial charge in [-0.05, 0) is 43.9 Å². The summed E-state index contributed by atoms with van der Waals surface area (Å²) < 4.78 is 12.0. The van der Waals surface area contributed by atoms with E-state index in [2.05, 4.69) is 0 Å². The summed E-state index contributed by atoms with van der Waals surface area (Å²) in [6.45, 7) is 2.74. The van der Waals surface area contributed by atoms with Gasteiger partial charge in [-0.3, -0.25) is 0 Å². The monoisotopic (exact) mass is 295 g/mol. The highest BCUT2D eigenvalue weighted by Crippen LogP contribution is 2.43. The maximum atomic E-state index is 6.30. The van der Waals surface area contributed by atoms with E-state index in [4.69, 9.17) is 26.8 Å². The predicted octanol–water partition coefficient (Wildman–Crippen LogP) is 3.84. The third-order valence-electron chi connectivity index (χ3n) is 4.49. The third kappa shape index (κ3) is 2.80. The van der Waals surface area contributed by atoms with E-state index in [1.54, 1.807) is 0 Å². The molecule has 20 heavy (non-hydrogen) atoms. The second kappa shape index (κ2) is 5.55. The van der Waals surface area contributed by atoms with Crippen molar-refractivity contribution >= 4 is 11.6 Å². The molecule has 0 bridgehead atoms. The Morgan fingerprint density at radius 1 is 1.45 bits per heavy atom. The normalized spacial score (nSPS) is 26.1. The van der Waals surface area contributed by atoms with Gasteiger partial charge < -0.3 is 15.2 Å². The highest BCUT2D eigenvalue weighted by atomic mass is 35.5. The van der Waals surface area contributed by atoms with Crippen LogP contribution in [0.25, 0.3) is 0 Å². The fourth-order valence-electron chi connectivity index (χ4n) is 3.08. The first-order valence-corrected chi connectivity index (χ1v) is 7.81. The van der Waals surface area contributed by atoms with Crippen LogP contribution in [0.5, 0.6) is 5.75 Å². The molecule has 110 valence electrons. The van der Waals surface area contributed by atoms with E-state index in [0.29, 0.717) is 5.02 Å². The van der Waals surface area contributed by atoms with Crippen LogP contribution in [0.4, 0.5) is 0 Å². The summed E-state index contributed by atoms with van der Waals surface area (Å²) in [7, 11) is 0. The molecule has 2 aliphatic rings. The third-order valence-corrected chi connectivity index (χ3v) is 4.78. The summed E-state index contributed by atoms with van der Waals surface area (Å²) in [6, 6.07) is 5.82. The van der Waals surface area contributed by atoms with Crippen molar-refractivity contribution in [3.63, 3.8) is 0 Å². The second-order valence-corrected chi connectivity index (χ2v) is 6.50. The van der Waals surface area contributed by atoms with Crippen LogP contribution in [0, 0.1) is 0 Å². The molecule has 0 aromatic heterocycles. The van der Waals surface area contributed by atoms with E-state index in [1.807, 2.05) is 25.1 Å². The van der Waals surface area contributed by atoms with Gasteiger partial charge in [-0.25, -0.2) is 0 Å². The molecule has 1 spiro atoms. The maximum Gasteiger partial charge on any atom is 0.138 e. The molecule has 0 radical (unpaired) electrons. The first-order valence-electron chi connectivity index (χ1n) is 7.44. The quantitative estimate of drug-likeness (QED) is 0.921. The molecular weight excluding hydrogens is 274 g/mol. The molecule has 1 unspecified atom stereocenters. The minimum absolute atomic E-state index is 0.0112. The number of ether oxygens (including phenoxy) is 2. The molecule has 2 fully saturated rings. The molecule has 1 aromatic rings. The minimum atomic E-state index is -0.0112. The Morgan fingerprint density at radius 3 is 2.85 bits per heavy atom. The largest absolute Gasteiger partial charge is 0.489 e. The molecule has 1 heterocycles. The molecule has 1 saturated carbocycles. The average Bonchev–Trinajstić information content (AvgIpc) is 2.39. The van der Waals surface area contributed by atoms with Crippen LogP contribution in [-0.4, -0.2) is 18.3 Å². The zero-order chi connectivity index (χ0) is 14.2. The van der Waals surface area contributed by atoms with Crippen molar-refractivity contribution in [2.75, 3.05) is 6.61 Å². The van der Waals surface area contributed by atoms with Crippen LogP contribution in [-0.2, 0) is 4.74 Å². The van der Waals surface area contributed by atoms with Crippen molar-refractivity contribution in [1.82, 2.24) is 0 Å². The number of rotatable bonds is 3. The predicted molar refractivity (Wildman–Crippen MR) is 80.2 cm³/mol. The number of halogens is 1. The lowest BCUT2D eigenvalue weighted by molar-refractivity contribution is -0.153. The van der Waals surface area contributed by atoms with Gasteiger partial charge in [-0.15, -0.1) is 0 Å². The molecule has 0 amide bonds. The lowest BCUT2D eigenvalue weighted by Gasteiger charge is -2.46. The summed E-state index contributed by atoms with van der Waals surface area (Å²) in [5.41, 5.74) is 6.99. The molecule has 2 atom stereocenters. The van der Waals surface area contributed by atoms with Crippen molar-refractivity contribution in [3.05, 3.63) is 28.8 Å². The van der Waals surface area contributed by atoms with E-state index in [9.17, 15) is 0 Å². The Hall–Kier alpha value is -0.770. The standard InChI is InChI=1S/C16H22ClNO2/c1-11(18)12-3-4-15(14(17)9-12)20-13-5-8-19-16(10-13)6-2-7-16/h3-4,9,11,13H,2,5-8,10,18H2,1H3/t11-,13?/m0/s1. The van der Waals surface area contributed by atoms with Crippen molar-refractivity contribution in [2.45, 2.75) is 56.8 Å². The van der Waals surface area contributed by atoms with Crippen molar-refractivity contribution in [3.8, 4) is 5.75 Å². The summed E-state index contributed by atoms with van der Waals surface area (Å²) in [5, 5.41) is 0.647. The molecule has 3 nitrogen and oxygen atoms in total. The second-order valence-electron chi connectivity index (χ2n) is 6.10. The average molecular weight is 296 g/mol. The van der Waals surface area contributed by atoms with Crippen LogP contribution in [0.3, 0.4) is 0 Å². The van der Waals surface area contributed by atoms with Gasteiger partial charge in [0, 0.05) is 18.9 Å². The molecule has 1 saturated heterocycles. The number of benzene rings is 1. The van der Waals surface area contributed by atoms with Crippen LogP contribution in [0.2, 0.25) is 5.02 Å². The lowest BCUT2D eigenvalue weighted by atomic mass is 9.74. The zero-order valence-electron chi connectivity index (χ0n) is 11.9. The van der Waals surface area contributed by atoms with Crippen molar-refractivity contribution in [1.29, 1.82) is 0 Å². The van der Waals surface area contributed by atoms with Crippen molar-refractivity contribution in [2.24, 2.45) is 5.73 Å². The van der Waals surface area contributed by atoms with E-state index in [1.165, 1.54) is 19.3 Å². The Morgan fingerprint density at radius 2 is 2.25 bits per heavy atom. The Kier molecular flexibility index (Phi) is 3.93. The van der Waals surface area contributed by atoms with E-state index in [-0.39, 0.29) is 17.7 Å². The van der Waals surface area contributed by atoms with Gasteiger partial charge in [0.05, 0.1) is 17.2 Å². The van der Waals surface area contributed by atoms with Gasteiger partial charge in [0.2, 0.25) is 0 Å². The Balaban J connectivity index is 1.68. The summed E-state index contributed by atoms with van der Waals surface area (Å²) >= 11 is 6.30. The zero-order valence-corrected chi connectivity index (χ0v) is 12.7. The SMILES string of the molecule is C[C@H](N)c1ccc(OC2CCOC3(CCC3)C2)c(Cl)c1. The van der Waals surface area contributed by atoms with Gasteiger partial charge in [-0.2, -0.15) is 0 Å². The Bertz CT molecular complexity index is 485. The Labute approximate surface area is 125 Å². The van der Waals surface area contributed by atoms with Gasteiger partial charge in [0.15, 0.2) is 0 Å². The van der Waals surface area contributed by atoms with E-state index in [0.717, 1.165) is 30.8 Å². The van der Waals surface area contributed by atoms with Crippen molar-refractivity contribution < 1.29 is 9.47 Å². The van der Waals surface area contributed by atoms with Gasteiger partial charge in [0.1, 0.15) is 11.9 Å². The molecular formula is C16H22ClNO2.